The summed E-state index contributed by atoms with van der Waals surface area (Å²) in [5.74, 6) is -0.00644. The van der Waals surface area contributed by atoms with Gasteiger partial charge in [-0.25, -0.2) is 4.98 Å². The molecule has 1 aliphatic heterocycles. The molecule has 3 heterocycles. The molecule has 1 aliphatic rings. The highest BCUT2D eigenvalue weighted by Crippen LogP contribution is 2.34. The van der Waals surface area contributed by atoms with Crippen LogP contribution < -0.4 is 0 Å². The largest absolute Gasteiger partial charge is 0.336 e. The molecule has 36 heavy (non-hydrogen) atoms. The van der Waals surface area contributed by atoms with Crippen LogP contribution in [0.25, 0.3) is 26.4 Å². The second kappa shape index (κ2) is 9.52. The van der Waals surface area contributed by atoms with E-state index in [0.717, 1.165) is 41.5 Å². The zero-order valence-electron chi connectivity index (χ0n) is 19.7. The Kier molecular flexibility index (Phi) is 6.21. The van der Waals surface area contributed by atoms with E-state index >= 15 is 0 Å². The third-order valence-corrected chi connectivity index (χ3v) is 8.34. The molecule has 0 unspecified atom stereocenters. The van der Waals surface area contributed by atoms with E-state index in [4.69, 9.17) is 28.2 Å². The average molecular weight is 536 g/mol. The summed E-state index contributed by atoms with van der Waals surface area (Å²) in [6, 6.07) is 21.7. The Morgan fingerprint density at radius 3 is 2.47 bits per heavy atom. The first kappa shape index (κ1) is 23.5. The molecule has 8 heteroatoms. The van der Waals surface area contributed by atoms with Crippen molar-refractivity contribution in [2.45, 2.75) is 13.5 Å². The predicted molar refractivity (Wildman–Crippen MR) is 148 cm³/mol. The topological polar surface area (TPSA) is 40.9 Å². The van der Waals surface area contributed by atoms with Crippen LogP contribution >= 0.6 is 34.5 Å². The number of hydrogen-bond acceptors (Lipinski definition) is 4. The maximum Gasteiger partial charge on any atom is 0.255 e. The van der Waals surface area contributed by atoms with Crippen molar-refractivity contribution < 1.29 is 4.79 Å². The third-order valence-electron chi connectivity index (χ3n) is 6.75. The summed E-state index contributed by atoms with van der Waals surface area (Å²) in [4.78, 5) is 23.4. The fourth-order valence-electron chi connectivity index (χ4n) is 4.84. The second-order valence-corrected chi connectivity index (χ2v) is 11.0. The van der Waals surface area contributed by atoms with Crippen LogP contribution in [-0.2, 0) is 6.54 Å². The first-order chi connectivity index (χ1) is 17.5. The van der Waals surface area contributed by atoms with Crippen molar-refractivity contribution >= 4 is 55.6 Å². The number of nitrogens with zero attached hydrogens (tertiary/aromatic N) is 4. The molecule has 3 aromatic carbocycles. The zero-order valence-corrected chi connectivity index (χ0v) is 22.1. The van der Waals surface area contributed by atoms with Crippen molar-refractivity contribution in [1.29, 1.82) is 0 Å². The minimum absolute atomic E-state index is 0.00644. The molecule has 1 amide bonds. The molecule has 0 saturated carbocycles. The van der Waals surface area contributed by atoms with Gasteiger partial charge in [0.25, 0.3) is 5.91 Å². The lowest BCUT2D eigenvalue weighted by molar-refractivity contribution is 0.0627. The number of thiazole rings is 1. The molecular weight excluding hydrogens is 511 g/mol. The minimum Gasteiger partial charge on any atom is -0.336 e. The number of benzene rings is 3. The summed E-state index contributed by atoms with van der Waals surface area (Å²) in [5, 5.41) is 1.21. The molecule has 2 aromatic heterocycles. The summed E-state index contributed by atoms with van der Waals surface area (Å²) in [7, 11) is 0. The molecule has 5 aromatic rings. The first-order valence-corrected chi connectivity index (χ1v) is 13.5. The van der Waals surface area contributed by atoms with E-state index < -0.39 is 0 Å². The van der Waals surface area contributed by atoms with Gasteiger partial charge in [-0.15, -0.1) is 0 Å². The van der Waals surface area contributed by atoms with E-state index in [1.54, 1.807) is 23.5 Å². The molecule has 0 spiro atoms. The molecule has 0 bridgehead atoms. The van der Waals surface area contributed by atoms with Crippen LogP contribution in [0.3, 0.4) is 0 Å². The van der Waals surface area contributed by atoms with Gasteiger partial charge in [-0.3, -0.25) is 14.1 Å². The van der Waals surface area contributed by atoms with Crippen LogP contribution in [-0.4, -0.2) is 51.3 Å². The van der Waals surface area contributed by atoms with Gasteiger partial charge in [0, 0.05) is 43.3 Å². The fourth-order valence-corrected chi connectivity index (χ4v) is 6.33. The Labute approximate surface area is 223 Å². The van der Waals surface area contributed by atoms with Gasteiger partial charge in [-0.2, -0.15) is 0 Å². The number of halogens is 2. The number of amides is 1. The van der Waals surface area contributed by atoms with Gasteiger partial charge in [0.2, 0.25) is 0 Å². The van der Waals surface area contributed by atoms with E-state index in [9.17, 15) is 4.79 Å². The van der Waals surface area contributed by atoms with Crippen molar-refractivity contribution in [1.82, 2.24) is 19.2 Å². The summed E-state index contributed by atoms with van der Waals surface area (Å²) >= 11 is 14.2. The lowest BCUT2D eigenvalue weighted by Crippen LogP contribution is -2.48. The highest BCUT2D eigenvalue weighted by atomic mass is 35.5. The number of fused-ring (bicyclic) bond motifs is 3. The Bertz CT molecular complexity index is 1580. The van der Waals surface area contributed by atoms with Gasteiger partial charge in [0.1, 0.15) is 0 Å². The Morgan fingerprint density at radius 2 is 1.72 bits per heavy atom. The minimum atomic E-state index is -0.00644. The zero-order chi connectivity index (χ0) is 24.8. The van der Waals surface area contributed by atoms with Crippen LogP contribution in [0.5, 0.6) is 0 Å². The maximum atomic E-state index is 13.0. The van der Waals surface area contributed by atoms with Crippen LogP contribution in [0.4, 0.5) is 0 Å². The lowest BCUT2D eigenvalue weighted by atomic mass is 10.1. The molecule has 182 valence electrons. The summed E-state index contributed by atoms with van der Waals surface area (Å²) in [6.45, 7) is 5.74. The van der Waals surface area contributed by atoms with E-state index in [-0.39, 0.29) is 5.91 Å². The molecular formula is C28H24Cl2N4OS. The van der Waals surface area contributed by atoms with Crippen molar-refractivity contribution in [2.24, 2.45) is 0 Å². The highest BCUT2D eigenvalue weighted by molar-refractivity contribution is 7.23. The molecule has 0 aliphatic carbocycles. The normalized spacial score (nSPS) is 14.7. The Morgan fingerprint density at radius 1 is 0.972 bits per heavy atom. The Hall–Kier alpha value is -2.90. The second-order valence-electron chi connectivity index (χ2n) is 9.15. The third kappa shape index (κ3) is 4.28. The van der Waals surface area contributed by atoms with Crippen LogP contribution in [0.15, 0.2) is 66.7 Å². The molecule has 1 saturated heterocycles. The van der Waals surface area contributed by atoms with Crippen molar-refractivity contribution in [3.05, 3.63) is 93.6 Å². The predicted octanol–water partition coefficient (Wildman–Crippen LogP) is 6.79. The number of imidazole rings is 1. The number of rotatable bonds is 4. The molecule has 0 radical (unpaired) electrons. The van der Waals surface area contributed by atoms with Gasteiger partial charge in [0.15, 0.2) is 4.96 Å². The van der Waals surface area contributed by atoms with E-state index in [2.05, 4.69) is 34.4 Å². The smallest absolute Gasteiger partial charge is 0.255 e. The van der Waals surface area contributed by atoms with Crippen LogP contribution in [0.1, 0.15) is 21.6 Å². The van der Waals surface area contributed by atoms with E-state index in [1.807, 2.05) is 41.3 Å². The van der Waals surface area contributed by atoms with Crippen LogP contribution in [0, 0.1) is 6.92 Å². The summed E-state index contributed by atoms with van der Waals surface area (Å²) in [6.07, 6.45) is 0. The van der Waals surface area contributed by atoms with Crippen molar-refractivity contribution in [2.75, 3.05) is 26.2 Å². The number of aryl methyl sites for hydroxylation is 1. The van der Waals surface area contributed by atoms with E-state index in [1.165, 1.54) is 15.8 Å². The quantitative estimate of drug-likeness (QED) is 0.255. The summed E-state index contributed by atoms with van der Waals surface area (Å²) < 4.78 is 3.53. The standard InChI is InChI=1S/C28H24Cl2N4OS/c1-18-6-11-23-25(16-18)36-28-31-26(19-7-9-20(29)10-8-19)24(34(23)28)17-32-12-14-33(15-13-32)27(35)21-4-2-3-5-22(21)30/h2-11,16H,12-15,17H2,1H3. The number of carbonyl (C=O) groups is 1. The molecule has 0 N–H and O–H groups in total. The fraction of sp³-hybridized carbons (Fsp3) is 0.214. The van der Waals surface area contributed by atoms with Crippen molar-refractivity contribution in [3.63, 3.8) is 0 Å². The van der Waals surface area contributed by atoms with Crippen LogP contribution in [0.2, 0.25) is 10.0 Å². The SMILES string of the molecule is Cc1ccc2c(c1)sc1nc(-c3ccc(Cl)cc3)c(CN3CCN(C(=O)c4ccccc4Cl)CC3)n12. The summed E-state index contributed by atoms with van der Waals surface area (Å²) in [5.41, 5.74) is 6.18. The highest BCUT2D eigenvalue weighted by Gasteiger charge is 2.26. The van der Waals surface area contributed by atoms with Gasteiger partial charge in [0.05, 0.1) is 32.2 Å². The molecule has 5 nitrogen and oxygen atoms in total. The van der Waals surface area contributed by atoms with Gasteiger partial charge >= 0.3 is 0 Å². The maximum absolute atomic E-state index is 13.0. The number of piperazine rings is 1. The molecule has 0 atom stereocenters. The first-order valence-electron chi connectivity index (χ1n) is 11.9. The number of hydrogen-bond donors (Lipinski definition) is 0. The number of aromatic nitrogens is 2. The van der Waals surface area contributed by atoms with E-state index in [0.29, 0.717) is 28.7 Å². The van der Waals surface area contributed by atoms with Gasteiger partial charge < -0.3 is 4.90 Å². The van der Waals surface area contributed by atoms with Crippen molar-refractivity contribution in [3.8, 4) is 11.3 Å². The van der Waals surface area contributed by atoms with Gasteiger partial charge in [-0.1, -0.05) is 64.9 Å². The number of carbonyl (C=O) groups excluding carboxylic acids is 1. The lowest BCUT2D eigenvalue weighted by Gasteiger charge is -2.35. The monoisotopic (exact) mass is 534 g/mol. The molecule has 6 rings (SSSR count). The molecule has 1 fully saturated rings. The van der Waals surface area contributed by atoms with Gasteiger partial charge in [-0.05, 0) is 48.9 Å². The Balaban J connectivity index is 1.31. The average Bonchev–Trinajstić information content (AvgIpc) is 3.40.